The van der Waals surface area contributed by atoms with Gasteiger partial charge in [-0.1, -0.05) is 17.7 Å². The van der Waals surface area contributed by atoms with Crippen LogP contribution in [0.15, 0.2) is 29.8 Å². The molecule has 1 aromatic carbocycles. The Morgan fingerprint density at radius 1 is 1.32 bits per heavy atom. The lowest BCUT2D eigenvalue weighted by Gasteiger charge is -2.58. The largest absolute Gasteiger partial charge is 0.497 e. The van der Waals surface area contributed by atoms with Crippen LogP contribution in [0, 0.1) is 11.8 Å². The van der Waals surface area contributed by atoms with Crippen LogP contribution in [-0.4, -0.2) is 54.9 Å². The van der Waals surface area contributed by atoms with Gasteiger partial charge < -0.3 is 14.7 Å². The maximum atomic E-state index is 11.7. The lowest BCUT2D eigenvalue weighted by atomic mass is 9.65. The number of rotatable bonds is 1. The van der Waals surface area contributed by atoms with Crippen LogP contribution in [0.1, 0.15) is 25.3 Å². The second-order valence-corrected chi connectivity index (χ2v) is 8.72. The Morgan fingerprint density at radius 3 is 2.92 bits per heavy atom. The highest BCUT2D eigenvalue weighted by molar-refractivity contribution is 5.69. The van der Waals surface area contributed by atoms with E-state index in [0.717, 1.165) is 18.7 Å². The van der Waals surface area contributed by atoms with E-state index in [0.29, 0.717) is 30.0 Å². The van der Waals surface area contributed by atoms with E-state index in [2.05, 4.69) is 48.0 Å². The first kappa shape index (κ1) is 14.6. The molecular weight excluding hydrogens is 312 g/mol. The van der Waals surface area contributed by atoms with Crippen molar-refractivity contribution in [2.45, 2.75) is 49.4 Å². The monoisotopic (exact) mass is 338 g/mol. The van der Waals surface area contributed by atoms with E-state index in [9.17, 15) is 5.11 Å². The van der Waals surface area contributed by atoms with Crippen LogP contribution in [0.5, 0.6) is 5.75 Å². The molecule has 0 radical (unpaired) electrons. The number of methoxy groups -OCH3 is 1. The fourth-order valence-corrected chi connectivity index (χ4v) is 7.50. The summed E-state index contributed by atoms with van der Waals surface area (Å²) in [5.41, 5.74) is 4.09. The van der Waals surface area contributed by atoms with Crippen molar-refractivity contribution >= 4 is 5.69 Å². The summed E-state index contributed by atoms with van der Waals surface area (Å²) in [6.07, 6.45) is 4.39. The van der Waals surface area contributed by atoms with Gasteiger partial charge in [0.1, 0.15) is 5.75 Å². The molecule has 4 saturated heterocycles. The maximum Gasteiger partial charge on any atom is 0.120 e. The van der Waals surface area contributed by atoms with Gasteiger partial charge in [-0.25, -0.2) is 0 Å². The summed E-state index contributed by atoms with van der Waals surface area (Å²) in [5.74, 6) is 1.90. The SMILES string of the molecule is C/C=C1/CN2[C@H]3C[C@@]45c6ccc(OC)cc6N(C)[C@H]4[C@@H]2C[C@@H]1C3C5O. The van der Waals surface area contributed by atoms with E-state index < -0.39 is 0 Å². The van der Waals surface area contributed by atoms with Gasteiger partial charge in [-0.2, -0.15) is 0 Å². The topological polar surface area (TPSA) is 35.9 Å². The van der Waals surface area contributed by atoms with E-state index >= 15 is 0 Å². The Morgan fingerprint density at radius 2 is 2.16 bits per heavy atom. The van der Waals surface area contributed by atoms with Gasteiger partial charge in [0.15, 0.2) is 0 Å². The molecule has 4 nitrogen and oxygen atoms in total. The number of aliphatic hydroxyl groups is 1. The Labute approximate surface area is 149 Å². The van der Waals surface area contributed by atoms with Gasteiger partial charge in [0.25, 0.3) is 0 Å². The molecule has 1 spiro atoms. The Bertz CT molecular complexity index is 805. The normalized spacial score (nSPS) is 49.7. The predicted molar refractivity (Wildman–Crippen MR) is 97.1 cm³/mol. The fraction of sp³-hybridized carbons (Fsp3) is 0.619. The minimum absolute atomic E-state index is 0.0925. The maximum absolute atomic E-state index is 11.7. The first-order valence-electron chi connectivity index (χ1n) is 9.62. The highest BCUT2D eigenvalue weighted by Crippen LogP contribution is 2.67. The zero-order valence-corrected chi connectivity index (χ0v) is 15.1. The first-order chi connectivity index (χ1) is 12.1. The summed E-state index contributed by atoms with van der Waals surface area (Å²) in [4.78, 5) is 5.19. The molecule has 132 valence electrons. The van der Waals surface area contributed by atoms with Crippen molar-refractivity contribution in [1.29, 1.82) is 0 Å². The lowest BCUT2D eigenvalue weighted by Crippen LogP contribution is -2.68. The van der Waals surface area contributed by atoms with Crippen LogP contribution in [0.2, 0.25) is 0 Å². The minimum atomic E-state index is -0.241. The number of aliphatic hydroxyl groups excluding tert-OH is 1. The molecule has 3 unspecified atom stereocenters. The molecule has 5 aliphatic heterocycles. The number of fused-ring (bicyclic) bond motifs is 2. The number of piperidine rings is 4. The molecule has 5 heterocycles. The van der Waals surface area contributed by atoms with E-state index in [1.807, 2.05) is 0 Å². The quantitative estimate of drug-likeness (QED) is 0.796. The summed E-state index contributed by atoms with van der Waals surface area (Å²) in [6, 6.07) is 7.97. The van der Waals surface area contributed by atoms with Gasteiger partial charge in [0, 0.05) is 48.8 Å². The molecule has 6 aliphatic rings. The Balaban J connectivity index is 1.58. The fourth-order valence-electron chi connectivity index (χ4n) is 7.50. The molecule has 5 fully saturated rings. The third-order valence-electron chi connectivity index (χ3n) is 8.30. The lowest BCUT2D eigenvalue weighted by molar-refractivity contribution is -0.0345. The summed E-state index contributed by atoms with van der Waals surface area (Å²) in [6.45, 7) is 3.28. The molecule has 1 N–H and O–H groups in total. The number of benzene rings is 1. The standard InChI is InChI=1S/C21H26N2O2/c1-4-11-10-23-16-8-13(11)18-17(23)9-21(20(18)24)14-6-5-12(25-3)7-15(14)22(2)19(16)21/h4-7,13,16-20,24H,8-10H2,1-3H3/b11-4-/t13-,16-,17-,18?,19-,20?,21+/m0/s1. The third kappa shape index (κ3) is 1.39. The van der Waals surface area contributed by atoms with Gasteiger partial charge in [-0.05, 0) is 37.3 Å². The van der Waals surface area contributed by atoms with Crippen molar-refractivity contribution in [3.63, 3.8) is 0 Å². The van der Waals surface area contributed by atoms with Crippen molar-refractivity contribution in [1.82, 2.24) is 4.90 Å². The van der Waals surface area contributed by atoms with Crippen molar-refractivity contribution in [3.05, 3.63) is 35.4 Å². The molecule has 0 aromatic heterocycles. The van der Waals surface area contributed by atoms with Crippen molar-refractivity contribution in [2.75, 3.05) is 25.6 Å². The second-order valence-electron chi connectivity index (χ2n) is 8.72. The van der Waals surface area contributed by atoms with Crippen molar-refractivity contribution in [3.8, 4) is 5.75 Å². The van der Waals surface area contributed by atoms with E-state index in [1.54, 1.807) is 12.7 Å². The molecule has 5 bridgehead atoms. The number of hydrogen-bond acceptors (Lipinski definition) is 4. The summed E-state index contributed by atoms with van der Waals surface area (Å²) < 4.78 is 5.48. The molecule has 25 heavy (non-hydrogen) atoms. The van der Waals surface area contributed by atoms with E-state index in [-0.39, 0.29) is 11.5 Å². The summed E-state index contributed by atoms with van der Waals surface area (Å²) in [7, 11) is 3.95. The third-order valence-corrected chi connectivity index (χ3v) is 8.30. The van der Waals surface area contributed by atoms with Gasteiger partial charge in [-0.3, -0.25) is 4.90 Å². The van der Waals surface area contributed by atoms with Crippen LogP contribution < -0.4 is 9.64 Å². The van der Waals surface area contributed by atoms with Crippen LogP contribution in [0.3, 0.4) is 0 Å². The number of allylic oxidation sites excluding steroid dienone is 1. The average molecular weight is 338 g/mol. The van der Waals surface area contributed by atoms with Gasteiger partial charge in [0.2, 0.25) is 0 Å². The predicted octanol–water partition coefficient (Wildman–Crippen LogP) is 2.16. The number of ether oxygens (including phenoxy) is 1. The minimum Gasteiger partial charge on any atom is -0.497 e. The van der Waals surface area contributed by atoms with Crippen LogP contribution in [0.25, 0.3) is 0 Å². The Hall–Kier alpha value is -1.52. The summed E-state index contributed by atoms with van der Waals surface area (Å²) in [5, 5.41) is 11.7. The van der Waals surface area contributed by atoms with E-state index in [1.165, 1.54) is 17.7 Å². The molecule has 1 saturated carbocycles. The van der Waals surface area contributed by atoms with Crippen LogP contribution in [0.4, 0.5) is 5.69 Å². The number of hydrogen-bond donors (Lipinski definition) is 1. The zero-order chi connectivity index (χ0) is 17.1. The smallest absolute Gasteiger partial charge is 0.120 e. The second kappa shape index (κ2) is 4.41. The first-order valence-corrected chi connectivity index (χ1v) is 9.62. The van der Waals surface area contributed by atoms with Gasteiger partial charge >= 0.3 is 0 Å². The van der Waals surface area contributed by atoms with Crippen LogP contribution >= 0.6 is 0 Å². The number of anilines is 1. The van der Waals surface area contributed by atoms with Gasteiger partial charge in [0.05, 0.1) is 19.3 Å². The van der Waals surface area contributed by atoms with E-state index in [4.69, 9.17) is 4.74 Å². The highest BCUT2D eigenvalue weighted by Gasteiger charge is 2.74. The van der Waals surface area contributed by atoms with Gasteiger partial charge in [-0.15, -0.1) is 0 Å². The van der Waals surface area contributed by atoms with Crippen LogP contribution in [-0.2, 0) is 5.41 Å². The molecule has 1 aromatic rings. The molecule has 0 amide bonds. The average Bonchev–Trinajstić information content (AvgIpc) is 3.03. The molecule has 1 aliphatic carbocycles. The summed E-state index contributed by atoms with van der Waals surface area (Å²) >= 11 is 0. The number of nitrogens with zero attached hydrogens (tertiary/aromatic N) is 2. The van der Waals surface area contributed by atoms with Crippen molar-refractivity contribution in [2.24, 2.45) is 11.8 Å². The Kier molecular flexibility index (Phi) is 2.58. The van der Waals surface area contributed by atoms with Crippen molar-refractivity contribution < 1.29 is 9.84 Å². The zero-order valence-electron chi connectivity index (χ0n) is 15.1. The molecule has 8 atom stereocenters. The molecule has 7 rings (SSSR count). The molecule has 4 heteroatoms. The highest BCUT2D eigenvalue weighted by atomic mass is 16.5. The molecular formula is C21H26N2O2. The number of likely N-dealkylation sites (N-methyl/N-ethyl adjacent to an activating group) is 1.